The van der Waals surface area contributed by atoms with Crippen LogP contribution in [0.25, 0.3) is 22.0 Å². The lowest BCUT2D eigenvalue weighted by atomic mass is 9.88. The van der Waals surface area contributed by atoms with Gasteiger partial charge >= 0.3 is 0 Å². The number of aliphatic hydroxyl groups is 3. The summed E-state index contributed by atoms with van der Waals surface area (Å²) in [5, 5.41) is 30.8. The van der Waals surface area contributed by atoms with Crippen LogP contribution in [-0.4, -0.2) is 78.0 Å². The number of nitrogens with zero attached hydrogens (tertiary/aromatic N) is 2. The first-order valence-electron chi connectivity index (χ1n) is 13.7. The van der Waals surface area contributed by atoms with Gasteiger partial charge in [0.25, 0.3) is 0 Å². The van der Waals surface area contributed by atoms with Gasteiger partial charge in [-0.05, 0) is 59.0 Å². The molecule has 4 aromatic rings. The van der Waals surface area contributed by atoms with Crippen LogP contribution in [0.5, 0.6) is 11.5 Å². The number of allylic oxidation sites excluding steroid dienone is 1. The number of hydrogen-bond donors (Lipinski definition) is 3. The minimum Gasteiger partial charge on any atom is -0.497 e. The van der Waals surface area contributed by atoms with E-state index in [0.29, 0.717) is 26.2 Å². The van der Waals surface area contributed by atoms with Crippen molar-refractivity contribution in [2.45, 2.75) is 26.0 Å². The highest BCUT2D eigenvalue weighted by Gasteiger charge is 2.20. The molecule has 0 saturated heterocycles. The van der Waals surface area contributed by atoms with Gasteiger partial charge in [-0.15, -0.1) is 0 Å². The fourth-order valence-corrected chi connectivity index (χ4v) is 5.33. The first kappa shape index (κ1) is 29.4. The molecule has 0 saturated carbocycles. The van der Waals surface area contributed by atoms with Crippen LogP contribution in [0.4, 0.5) is 0 Å². The Morgan fingerprint density at radius 3 is 1.88 bits per heavy atom. The van der Waals surface area contributed by atoms with Crippen LogP contribution < -0.4 is 9.47 Å². The Balaban J connectivity index is 1.83. The molecule has 7 nitrogen and oxygen atoms in total. The Morgan fingerprint density at radius 2 is 1.38 bits per heavy atom. The van der Waals surface area contributed by atoms with Crippen LogP contribution in [0.15, 0.2) is 79.0 Å². The van der Waals surface area contributed by atoms with Gasteiger partial charge in [0.2, 0.25) is 0 Å². The normalized spacial score (nSPS) is 12.1. The van der Waals surface area contributed by atoms with E-state index in [1.165, 1.54) is 5.57 Å². The first-order chi connectivity index (χ1) is 19.5. The van der Waals surface area contributed by atoms with Crippen molar-refractivity contribution in [3.05, 3.63) is 95.7 Å². The minimum absolute atomic E-state index is 0.0204. The zero-order valence-corrected chi connectivity index (χ0v) is 23.6. The van der Waals surface area contributed by atoms with Gasteiger partial charge in [-0.2, -0.15) is 0 Å². The number of ether oxygens (including phenoxy) is 2. The van der Waals surface area contributed by atoms with Gasteiger partial charge < -0.3 is 29.4 Å². The van der Waals surface area contributed by atoms with Gasteiger partial charge in [0.1, 0.15) is 11.5 Å². The van der Waals surface area contributed by atoms with E-state index in [2.05, 4.69) is 54.1 Å². The Morgan fingerprint density at radius 1 is 0.825 bits per heavy atom. The Bertz CT molecular complexity index is 1340. The highest BCUT2D eigenvalue weighted by atomic mass is 16.5. The zero-order valence-electron chi connectivity index (χ0n) is 23.6. The third-order valence-electron chi connectivity index (χ3n) is 7.24. The summed E-state index contributed by atoms with van der Waals surface area (Å²) < 4.78 is 13.0. The van der Waals surface area contributed by atoms with Gasteiger partial charge in [0, 0.05) is 48.8 Å². The van der Waals surface area contributed by atoms with Crippen LogP contribution in [-0.2, 0) is 6.54 Å². The van der Waals surface area contributed by atoms with Crippen molar-refractivity contribution < 1.29 is 24.8 Å². The second-order valence-corrected chi connectivity index (χ2v) is 9.78. The second kappa shape index (κ2) is 14.1. The molecule has 3 aromatic carbocycles. The monoisotopic (exact) mass is 544 g/mol. The predicted molar refractivity (Wildman–Crippen MR) is 161 cm³/mol. The van der Waals surface area contributed by atoms with E-state index >= 15 is 0 Å². The standard InChI is InChI=1S/C33H40N2O5/c1-4-29(33(24-9-13-27(39-2)14-10-24)25-11-15-28(40-3)16-12-25)31-23-35(32-8-6-5-7-30(31)32)22-26(38)21-34(17-19-36)18-20-37/h5-16,23,26,36-38H,4,17-22H2,1-3H3/t26-/m1/s1. The summed E-state index contributed by atoms with van der Waals surface area (Å²) in [6.07, 6.45) is 2.27. The maximum Gasteiger partial charge on any atom is 0.118 e. The molecule has 0 aliphatic rings. The number of benzene rings is 3. The Hall–Kier alpha value is -3.62. The molecule has 7 heteroatoms. The van der Waals surface area contributed by atoms with E-state index in [1.54, 1.807) is 14.2 Å². The summed E-state index contributed by atoms with van der Waals surface area (Å²) >= 11 is 0. The number of methoxy groups -OCH3 is 2. The van der Waals surface area contributed by atoms with Crippen LogP contribution >= 0.6 is 0 Å². The second-order valence-electron chi connectivity index (χ2n) is 9.78. The van der Waals surface area contributed by atoms with Gasteiger partial charge in [-0.3, -0.25) is 4.90 Å². The molecular formula is C33H40N2O5. The number of hydrogen-bond acceptors (Lipinski definition) is 6. The molecule has 40 heavy (non-hydrogen) atoms. The molecule has 0 amide bonds. The van der Waals surface area contributed by atoms with Crippen molar-refractivity contribution >= 4 is 22.0 Å². The molecule has 0 bridgehead atoms. The highest BCUT2D eigenvalue weighted by Crippen LogP contribution is 2.39. The summed E-state index contributed by atoms with van der Waals surface area (Å²) in [5.74, 6) is 1.61. The van der Waals surface area contributed by atoms with Crippen LogP contribution in [0, 0.1) is 0 Å². The number of fused-ring (bicyclic) bond motifs is 1. The topological polar surface area (TPSA) is 87.3 Å². The molecule has 212 valence electrons. The predicted octanol–water partition coefficient (Wildman–Crippen LogP) is 4.68. The van der Waals surface area contributed by atoms with Gasteiger partial charge in [-0.25, -0.2) is 0 Å². The smallest absolute Gasteiger partial charge is 0.118 e. The van der Waals surface area contributed by atoms with Gasteiger partial charge in [0.05, 0.1) is 33.5 Å². The fourth-order valence-electron chi connectivity index (χ4n) is 5.33. The maximum absolute atomic E-state index is 11.0. The summed E-state index contributed by atoms with van der Waals surface area (Å²) in [6, 6.07) is 24.6. The molecule has 0 aliphatic carbocycles. The van der Waals surface area contributed by atoms with E-state index in [4.69, 9.17) is 9.47 Å². The van der Waals surface area contributed by atoms with Crippen molar-refractivity contribution in [3.8, 4) is 11.5 Å². The van der Waals surface area contributed by atoms with E-state index < -0.39 is 6.10 Å². The lowest BCUT2D eigenvalue weighted by molar-refractivity contribution is 0.0781. The lowest BCUT2D eigenvalue weighted by Gasteiger charge is -2.23. The molecule has 1 heterocycles. The number of aliphatic hydroxyl groups excluding tert-OH is 3. The largest absolute Gasteiger partial charge is 0.497 e. The fraction of sp³-hybridized carbons (Fsp3) is 0.333. The summed E-state index contributed by atoms with van der Waals surface area (Å²) in [5.41, 5.74) is 6.67. The number of aromatic nitrogens is 1. The molecule has 4 rings (SSSR count). The van der Waals surface area contributed by atoms with E-state index in [0.717, 1.165) is 51.1 Å². The van der Waals surface area contributed by atoms with Crippen molar-refractivity contribution in [2.75, 3.05) is 47.1 Å². The van der Waals surface area contributed by atoms with Crippen LogP contribution in [0.3, 0.4) is 0 Å². The van der Waals surface area contributed by atoms with Crippen molar-refractivity contribution in [1.82, 2.24) is 9.47 Å². The maximum atomic E-state index is 11.0. The van der Waals surface area contributed by atoms with E-state index in [9.17, 15) is 15.3 Å². The lowest BCUT2D eigenvalue weighted by Crippen LogP contribution is -2.38. The van der Waals surface area contributed by atoms with Crippen molar-refractivity contribution in [3.63, 3.8) is 0 Å². The quantitative estimate of drug-likeness (QED) is 0.214. The summed E-state index contributed by atoms with van der Waals surface area (Å²) in [6.45, 7) is 3.70. The summed E-state index contributed by atoms with van der Waals surface area (Å²) in [4.78, 5) is 1.88. The van der Waals surface area contributed by atoms with Gasteiger partial charge in [0.15, 0.2) is 0 Å². The molecule has 0 radical (unpaired) electrons. The average Bonchev–Trinajstić information content (AvgIpc) is 3.34. The molecule has 0 unspecified atom stereocenters. The molecular weight excluding hydrogens is 504 g/mol. The molecule has 0 fully saturated rings. The third-order valence-corrected chi connectivity index (χ3v) is 7.24. The van der Waals surface area contributed by atoms with E-state index in [-0.39, 0.29) is 13.2 Å². The molecule has 1 atom stereocenters. The zero-order chi connectivity index (χ0) is 28.5. The third kappa shape index (κ3) is 6.74. The molecule has 0 aliphatic heterocycles. The average molecular weight is 545 g/mol. The molecule has 0 spiro atoms. The van der Waals surface area contributed by atoms with Crippen LogP contribution in [0.1, 0.15) is 30.0 Å². The Kier molecular flexibility index (Phi) is 10.4. The SMILES string of the molecule is CCC(=C(c1ccc(OC)cc1)c1ccc(OC)cc1)c1cn(C[C@H](O)CN(CCO)CCO)c2ccccc12. The molecule has 3 N–H and O–H groups in total. The molecule has 1 aromatic heterocycles. The summed E-state index contributed by atoms with van der Waals surface area (Å²) in [7, 11) is 3.34. The van der Waals surface area contributed by atoms with E-state index in [1.807, 2.05) is 41.3 Å². The Labute approximate surface area is 236 Å². The minimum atomic E-state index is -0.668. The van der Waals surface area contributed by atoms with Gasteiger partial charge in [-0.1, -0.05) is 49.4 Å². The van der Waals surface area contributed by atoms with Crippen molar-refractivity contribution in [2.24, 2.45) is 0 Å². The number of rotatable bonds is 14. The van der Waals surface area contributed by atoms with Crippen LogP contribution in [0.2, 0.25) is 0 Å². The van der Waals surface area contributed by atoms with Crippen molar-refractivity contribution in [1.29, 1.82) is 0 Å². The first-order valence-corrected chi connectivity index (χ1v) is 13.7. The highest BCUT2D eigenvalue weighted by molar-refractivity contribution is 6.05. The number of para-hydroxylation sites is 1.